The van der Waals surface area contributed by atoms with Gasteiger partial charge in [0.15, 0.2) is 0 Å². The van der Waals surface area contributed by atoms with Crippen molar-refractivity contribution in [3.63, 3.8) is 0 Å². The summed E-state index contributed by atoms with van der Waals surface area (Å²) in [6, 6.07) is 9.60. The van der Waals surface area contributed by atoms with Crippen LogP contribution in [0.5, 0.6) is 5.75 Å². The molecule has 40 heavy (non-hydrogen) atoms. The number of phenolic OH excluding ortho intramolecular Hbond substituents is 1. The van der Waals surface area contributed by atoms with Gasteiger partial charge >= 0.3 is 5.97 Å². The summed E-state index contributed by atoms with van der Waals surface area (Å²) in [4.78, 5) is 54.1. The number of benzene rings is 2. The number of hydrogen-bond acceptors (Lipinski definition) is 6. The fourth-order valence-corrected chi connectivity index (χ4v) is 4.31. The van der Waals surface area contributed by atoms with Gasteiger partial charge in [0, 0.05) is 23.5 Å². The van der Waals surface area contributed by atoms with E-state index in [4.69, 9.17) is 5.73 Å². The molecule has 2 aromatic carbocycles. The lowest BCUT2D eigenvalue weighted by molar-refractivity contribution is -0.141. The highest BCUT2D eigenvalue weighted by Crippen LogP contribution is 2.20. The van der Waals surface area contributed by atoms with Crippen LogP contribution in [0.25, 0.3) is 10.9 Å². The first kappa shape index (κ1) is 30.2. The fourth-order valence-electron chi connectivity index (χ4n) is 4.31. The molecule has 1 aromatic heterocycles. The highest BCUT2D eigenvalue weighted by atomic mass is 16.4. The van der Waals surface area contributed by atoms with Gasteiger partial charge in [0.2, 0.25) is 17.7 Å². The van der Waals surface area contributed by atoms with Gasteiger partial charge in [-0.15, -0.1) is 0 Å². The minimum Gasteiger partial charge on any atom is -0.508 e. The van der Waals surface area contributed by atoms with Gasteiger partial charge in [-0.2, -0.15) is 0 Å². The number of carbonyl (C=O) groups is 4. The molecule has 0 aliphatic carbocycles. The molecule has 0 spiro atoms. The normalized spacial score (nSPS) is 14.9. The summed E-state index contributed by atoms with van der Waals surface area (Å²) in [6.45, 7) is 5.01. The molecule has 3 rings (SSSR count). The number of carbonyl (C=O) groups excluding carboxylic acids is 3. The average molecular weight is 552 g/mol. The first-order chi connectivity index (χ1) is 19.0. The molecule has 3 aromatic rings. The number of aromatic nitrogens is 1. The van der Waals surface area contributed by atoms with E-state index >= 15 is 0 Å². The Bertz CT molecular complexity index is 1340. The molecule has 214 valence electrons. The number of aromatic hydroxyl groups is 1. The van der Waals surface area contributed by atoms with Gasteiger partial charge < -0.3 is 36.9 Å². The van der Waals surface area contributed by atoms with Crippen molar-refractivity contribution in [3.05, 3.63) is 65.9 Å². The Morgan fingerprint density at radius 1 is 0.900 bits per heavy atom. The second-order valence-corrected chi connectivity index (χ2v) is 10.0. The lowest BCUT2D eigenvalue weighted by Gasteiger charge is -2.28. The Labute approximate surface area is 232 Å². The van der Waals surface area contributed by atoms with Crippen LogP contribution in [-0.2, 0) is 32.0 Å². The van der Waals surface area contributed by atoms with Gasteiger partial charge in [-0.25, -0.2) is 0 Å². The number of H-pyrrole nitrogens is 1. The van der Waals surface area contributed by atoms with E-state index in [9.17, 15) is 29.4 Å². The van der Waals surface area contributed by atoms with Crippen LogP contribution in [-0.4, -0.2) is 63.1 Å². The number of carboxylic acid groups (broad SMARTS) is 1. The molecule has 0 saturated carbocycles. The number of nitrogens with two attached hydrogens (primary N) is 1. The molecule has 11 heteroatoms. The van der Waals surface area contributed by atoms with E-state index in [0.29, 0.717) is 6.42 Å². The van der Waals surface area contributed by atoms with E-state index < -0.39 is 47.9 Å². The molecule has 11 nitrogen and oxygen atoms in total. The number of carboxylic acids is 1. The zero-order valence-electron chi connectivity index (χ0n) is 22.8. The van der Waals surface area contributed by atoms with Crippen LogP contribution in [0.4, 0.5) is 0 Å². The SMILES string of the molecule is CCC(C)C(NC(=O)C(N)Cc1ccc(O)cc1)C(=O)NC(Cc1c[nH]c2ccccc12)C(=O)NC(C)C(=O)O. The number of amides is 3. The molecule has 3 amide bonds. The quantitative estimate of drug-likeness (QED) is 0.168. The minimum absolute atomic E-state index is 0.0927. The molecular formula is C29H37N5O6. The number of rotatable bonds is 13. The van der Waals surface area contributed by atoms with E-state index in [1.165, 1.54) is 19.1 Å². The molecule has 1 heterocycles. The monoisotopic (exact) mass is 551 g/mol. The maximum absolute atomic E-state index is 13.5. The van der Waals surface area contributed by atoms with Crippen molar-refractivity contribution in [3.8, 4) is 5.75 Å². The van der Waals surface area contributed by atoms with Gasteiger partial charge in [0.25, 0.3) is 0 Å². The molecule has 0 aliphatic rings. The van der Waals surface area contributed by atoms with Gasteiger partial charge in [-0.3, -0.25) is 19.2 Å². The Morgan fingerprint density at radius 3 is 2.23 bits per heavy atom. The predicted octanol–water partition coefficient (Wildman–Crippen LogP) is 1.59. The number of hydrogen-bond donors (Lipinski definition) is 7. The number of aliphatic carboxylic acids is 1. The first-order valence-corrected chi connectivity index (χ1v) is 13.2. The molecule has 0 bridgehead atoms. The van der Waals surface area contributed by atoms with E-state index in [1.54, 1.807) is 25.3 Å². The average Bonchev–Trinajstić information content (AvgIpc) is 3.34. The van der Waals surface area contributed by atoms with E-state index in [2.05, 4.69) is 20.9 Å². The third-order valence-electron chi connectivity index (χ3n) is 6.98. The number of phenols is 1. The summed E-state index contributed by atoms with van der Waals surface area (Å²) in [5.41, 5.74) is 8.49. The molecule has 0 saturated heterocycles. The summed E-state index contributed by atoms with van der Waals surface area (Å²) < 4.78 is 0. The van der Waals surface area contributed by atoms with Crippen molar-refractivity contribution in [2.75, 3.05) is 0 Å². The molecule has 5 unspecified atom stereocenters. The second kappa shape index (κ2) is 13.6. The fraction of sp³-hybridized carbons (Fsp3) is 0.379. The van der Waals surface area contributed by atoms with E-state index in [1.807, 2.05) is 31.2 Å². The van der Waals surface area contributed by atoms with Gasteiger partial charge in [-0.05, 0) is 48.6 Å². The Morgan fingerprint density at radius 2 is 1.57 bits per heavy atom. The van der Waals surface area contributed by atoms with Gasteiger partial charge in [0.1, 0.15) is 23.9 Å². The lowest BCUT2D eigenvalue weighted by atomic mass is 9.96. The summed E-state index contributed by atoms with van der Waals surface area (Å²) >= 11 is 0. The van der Waals surface area contributed by atoms with Gasteiger partial charge in [0.05, 0.1) is 6.04 Å². The van der Waals surface area contributed by atoms with Crippen LogP contribution in [0.1, 0.15) is 38.3 Å². The molecule has 5 atom stereocenters. The van der Waals surface area contributed by atoms with E-state index in [-0.39, 0.29) is 24.5 Å². The Balaban J connectivity index is 1.79. The second-order valence-electron chi connectivity index (χ2n) is 10.0. The van der Waals surface area contributed by atoms with E-state index in [0.717, 1.165) is 22.0 Å². The minimum atomic E-state index is -1.21. The third-order valence-corrected chi connectivity index (χ3v) is 6.98. The predicted molar refractivity (Wildman–Crippen MR) is 150 cm³/mol. The first-order valence-electron chi connectivity index (χ1n) is 13.2. The zero-order valence-corrected chi connectivity index (χ0v) is 22.8. The van der Waals surface area contributed by atoms with Crippen LogP contribution in [0.3, 0.4) is 0 Å². The van der Waals surface area contributed by atoms with Crippen molar-refractivity contribution < 1.29 is 29.4 Å². The summed E-state index contributed by atoms with van der Waals surface area (Å²) in [5.74, 6) is -3.18. The molecule has 0 aliphatic heterocycles. The van der Waals surface area contributed by atoms with Crippen LogP contribution < -0.4 is 21.7 Å². The van der Waals surface area contributed by atoms with Crippen molar-refractivity contribution in [1.29, 1.82) is 0 Å². The number of aromatic amines is 1. The van der Waals surface area contributed by atoms with Crippen LogP contribution in [0.15, 0.2) is 54.7 Å². The maximum Gasteiger partial charge on any atom is 0.325 e. The topological polar surface area (TPSA) is 187 Å². The highest BCUT2D eigenvalue weighted by Gasteiger charge is 2.32. The van der Waals surface area contributed by atoms with Crippen LogP contribution in [0.2, 0.25) is 0 Å². The summed E-state index contributed by atoms with van der Waals surface area (Å²) in [7, 11) is 0. The van der Waals surface area contributed by atoms with Crippen LogP contribution in [0, 0.1) is 5.92 Å². The van der Waals surface area contributed by atoms with Crippen molar-refractivity contribution in [2.45, 2.75) is 64.2 Å². The molecule has 0 fully saturated rings. The number of fused-ring (bicyclic) bond motifs is 1. The van der Waals surface area contributed by atoms with Crippen molar-refractivity contribution in [2.24, 2.45) is 11.7 Å². The van der Waals surface area contributed by atoms with Crippen molar-refractivity contribution in [1.82, 2.24) is 20.9 Å². The van der Waals surface area contributed by atoms with Crippen molar-refractivity contribution >= 4 is 34.6 Å². The molecular weight excluding hydrogens is 514 g/mol. The molecule has 8 N–H and O–H groups in total. The standard InChI is InChI=1S/C29H37N5O6/c1-4-16(2)25(34-26(36)22(30)13-18-9-11-20(35)12-10-18)28(38)33-24(27(37)32-17(3)29(39)40)14-19-15-31-23-8-6-5-7-21(19)23/h5-12,15-17,22,24-25,31,35H,4,13-14,30H2,1-3H3,(H,32,37)(H,33,38)(H,34,36)(H,39,40). The zero-order chi connectivity index (χ0) is 29.4. The number of nitrogens with one attached hydrogen (secondary N) is 4. The largest absolute Gasteiger partial charge is 0.508 e. The Kier molecular flexibility index (Phi) is 10.3. The number of para-hydroxylation sites is 1. The lowest BCUT2D eigenvalue weighted by Crippen LogP contribution is -2.59. The highest BCUT2D eigenvalue weighted by molar-refractivity contribution is 5.95. The summed E-state index contributed by atoms with van der Waals surface area (Å²) in [5, 5.41) is 27.5. The smallest absolute Gasteiger partial charge is 0.325 e. The molecule has 0 radical (unpaired) electrons. The van der Waals surface area contributed by atoms with Gasteiger partial charge in [-0.1, -0.05) is 50.6 Å². The maximum atomic E-state index is 13.5. The Hall–Kier alpha value is -4.38. The van der Waals surface area contributed by atoms with Crippen LogP contribution >= 0.6 is 0 Å². The third kappa shape index (κ3) is 7.82. The summed E-state index contributed by atoms with van der Waals surface area (Å²) in [6.07, 6.45) is 2.59.